The van der Waals surface area contributed by atoms with Gasteiger partial charge >= 0.3 is 0 Å². The van der Waals surface area contributed by atoms with Crippen LogP contribution in [0.5, 0.6) is 0 Å². The van der Waals surface area contributed by atoms with E-state index in [0.717, 1.165) is 37.3 Å². The van der Waals surface area contributed by atoms with Gasteiger partial charge in [0.25, 0.3) is 0 Å². The van der Waals surface area contributed by atoms with Crippen molar-refractivity contribution in [2.75, 3.05) is 32.6 Å². The summed E-state index contributed by atoms with van der Waals surface area (Å²) in [5, 5.41) is 4.25. The highest BCUT2D eigenvalue weighted by atomic mass is 32.2. The van der Waals surface area contributed by atoms with E-state index in [1.807, 2.05) is 0 Å². The molecule has 1 aliphatic rings. The Balaban J connectivity index is 1.87. The molecule has 0 aromatic carbocycles. The Bertz CT molecular complexity index is 160. The normalized spacial score (nSPS) is 19.1. The van der Waals surface area contributed by atoms with Gasteiger partial charge in [0.05, 0.1) is 0 Å². The Hall–Kier alpha value is 0.270. The predicted octanol–water partition coefficient (Wildman–Crippen LogP) is 2.92. The van der Waals surface area contributed by atoms with E-state index in [0.29, 0.717) is 0 Å². The number of methoxy groups -OCH3 is 1. The van der Waals surface area contributed by atoms with Crippen LogP contribution in [-0.2, 0) is 4.74 Å². The van der Waals surface area contributed by atoms with Gasteiger partial charge in [-0.3, -0.25) is 0 Å². The monoisotopic (exact) mass is 245 g/mol. The third-order valence-electron chi connectivity index (χ3n) is 3.23. The van der Waals surface area contributed by atoms with Crippen LogP contribution in [0.25, 0.3) is 0 Å². The van der Waals surface area contributed by atoms with E-state index in [4.69, 9.17) is 4.74 Å². The molecule has 16 heavy (non-hydrogen) atoms. The largest absolute Gasteiger partial charge is 0.385 e. The molecule has 1 aliphatic carbocycles. The van der Waals surface area contributed by atoms with Crippen LogP contribution in [-0.4, -0.2) is 37.8 Å². The van der Waals surface area contributed by atoms with Crippen LogP contribution in [0, 0.1) is 5.92 Å². The second-order valence-electron chi connectivity index (χ2n) is 4.84. The van der Waals surface area contributed by atoms with Crippen LogP contribution in [0.3, 0.4) is 0 Å². The number of nitrogens with one attached hydrogen (secondary N) is 1. The van der Waals surface area contributed by atoms with Gasteiger partial charge in [0.2, 0.25) is 0 Å². The van der Waals surface area contributed by atoms with Crippen molar-refractivity contribution in [2.24, 2.45) is 5.92 Å². The van der Waals surface area contributed by atoms with Crippen molar-refractivity contribution >= 4 is 11.8 Å². The highest BCUT2D eigenvalue weighted by molar-refractivity contribution is 7.99. The van der Waals surface area contributed by atoms with Crippen molar-refractivity contribution in [1.82, 2.24) is 5.32 Å². The molecule has 0 aliphatic heterocycles. The zero-order valence-corrected chi connectivity index (χ0v) is 11.7. The number of hydrogen-bond donors (Lipinski definition) is 1. The Morgan fingerprint density at radius 1 is 1.38 bits per heavy atom. The molecule has 0 spiro atoms. The topological polar surface area (TPSA) is 21.3 Å². The molecule has 0 saturated heterocycles. The minimum atomic E-state index is 0.753. The fourth-order valence-electron chi connectivity index (χ4n) is 2.18. The first-order chi connectivity index (χ1) is 7.83. The van der Waals surface area contributed by atoms with Gasteiger partial charge in [-0.25, -0.2) is 0 Å². The first-order valence-electron chi connectivity index (χ1n) is 6.64. The zero-order chi connectivity index (χ0) is 11.6. The molecule has 1 fully saturated rings. The van der Waals surface area contributed by atoms with Gasteiger partial charge in [-0.2, -0.15) is 11.8 Å². The van der Waals surface area contributed by atoms with Gasteiger partial charge in [0.15, 0.2) is 0 Å². The van der Waals surface area contributed by atoms with Crippen LogP contribution in [0.2, 0.25) is 0 Å². The van der Waals surface area contributed by atoms with E-state index < -0.39 is 0 Å². The summed E-state index contributed by atoms with van der Waals surface area (Å²) in [4.78, 5) is 0. The Morgan fingerprint density at radius 2 is 2.12 bits per heavy atom. The summed E-state index contributed by atoms with van der Waals surface area (Å²) in [6, 6.07) is 0. The van der Waals surface area contributed by atoms with E-state index in [9.17, 15) is 0 Å². The molecule has 1 saturated carbocycles. The highest BCUT2D eigenvalue weighted by Crippen LogP contribution is 2.29. The Morgan fingerprint density at radius 3 is 2.81 bits per heavy atom. The summed E-state index contributed by atoms with van der Waals surface area (Å²) in [6.45, 7) is 5.43. The predicted molar refractivity (Wildman–Crippen MR) is 73.2 cm³/mol. The number of rotatable bonds is 9. The molecule has 0 amide bonds. The summed E-state index contributed by atoms with van der Waals surface area (Å²) in [6.07, 6.45) is 7.00. The minimum Gasteiger partial charge on any atom is -0.385 e. The molecule has 0 radical (unpaired) electrons. The smallest absolute Gasteiger partial charge is 0.0474 e. The van der Waals surface area contributed by atoms with E-state index >= 15 is 0 Å². The van der Waals surface area contributed by atoms with Crippen LogP contribution < -0.4 is 5.32 Å². The van der Waals surface area contributed by atoms with Gasteiger partial charge < -0.3 is 10.1 Å². The van der Waals surface area contributed by atoms with Gasteiger partial charge in [-0.1, -0.05) is 19.8 Å². The van der Waals surface area contributed by atoms with Crippen molar-refractivity contribution in [3.8, 4) is 0 Å². The molecule has 1 unspecified atom stereocenters. The summed E-state index contributed by atoms with van der Waals surface area (Å²) in [5.74, 6) is 2.39. The second-order valence-corrected chi connectivity index (χ2v) is 6.32. The summed E-state index contributed by atoms with van der Waals surface area (Å²) < 4.78 is 5.02. The van der Waals surface area contributed by atoms with E-state index in [-0.39, 0.29) is 0 Å². The molecule has 1 rings (SSSR count). The molecule has 1 atom stereocenters. The Labute approximate surface area is 105 Å². The molecule has 3 heteroatoms. The fourth-order valence-corrected chi connectivity index (χ4v) is 3.35. The molecule has 1 N–H and O–H groups in total. The van der Waals surface area contributed by atoms with Gasteiger partial charge in [0, 0.05) is 25.5 Å². The average molecular weight is 245 g/mol. The molecule has 0 aromatic heterocycles. The maximum atomic E-state index is 5.02. The molecule has 0 heterocycles. The molecule has 0 bridgehead atoms. The van der Waals surface area contributed by atoms with Crippen LogP contribution in [0.15, 0.2) is 0 Å². The first kappa shape index (κ1) is 14.3. The quantitative estimate of drug-likeness (QED) is 0.631. The standard InChI is InChI=1S/C13H27NOS/c1-12(10-14-8-5-9-15-2)16-11-13-6-3-4-7-13/h12-14H,3-11H2,1-2H3. The van der Waals surface area contributed by atoms with Gasteiger partial charge in [-0.15, -0.1) is 0 Å². The number of thioether (sulfide) groups is 1. The van der Waals surface area contributed by atoms with Crippen molar-refractivity contribution in [3.63, 3.8) is 0 Å². The lowest BCUT2D eigenvalue weighted by molar-refractivity contribution is 0.194. The molecule has 96 valence electrons. The van der Waals surface area contributed by atoms with Gasteiger partial charge in [0.1, 0.15) is 0 Å². The molecule has 2 nitrogen and oxygen atoms in total. The van der Waals surface area contributed by atoms with Crippen LogP contribution in [0.4, 0.5) is 0 Å². The molecular formula is C13H27NOS. The maximum Gasteiger partial charge on any atom is 0.0474 e. The van der Waals surface area contributed by atoms with Gasteiger partial charge in [-0.05, 0) is 37.5 Å². The van der Waals surface area contributed by atoms with Crippen LogP contribution >= 0.6 is 11.8 Å². The molecule has 0 aromatic rings. The van der Waals surface area contributed by atoms with Crippen LogP contribution in [0.1, 0.15) is 39.0 Å². The highest BCUT2D eigenvalue weighted by Gasteiger charge is 2.15. The van der Waals surface area contributed by atoms with E-state index in [1.165, 1.54) is 31.4 Å². The first-order valence-corrected chi connectivity index (χ1v) is 7.69. The Kier molecular flexibility index (Phi) is 8.34. The fraction of sp³-hybridized carbons (Fsp3) is 1.00. The van der Waals surface area contributed by atoms with Crippen molar-refractivity contribution in [1.29, 1.82) is 0 Å². The zero-order valence-electron chi connectivity index (χ0n) is 10.8. The number of hydrogen-bond acceptors (Lipinski definition) is 3. The van der Waals surface area contributed by atoms with Crippen molar-refractivity contribution in [2.45, 2.75) is 44.3 Å². The summed E-state index contributed by atoms with van der Waals surface area (Å²) in [5.41, 5.74) is 0. The average Bonchev–Trinajstić information content (AvgIpc) is 2.79. The lowest BCUT2D eigenvalue weighted by Gasteiger charge is -2.15. The molecular weight excluding hydrogens is 218 g/mol. The third-order valence-corrected chi connectivity index (χ3v) is 4.62. The summed E-state index contributed by atoms with van der Waals surface area (Å²) >= 11 is 2.14. The maximum absolute atomic E-state index is 5.02. The SMILES string of the molecule is COCCCNCC(C)SCC1CCCC1. The van der Waals surface area contributed by atoms with E-state index in [1.54, 1.807) is 7.11 Å². The van der Waals surface area contributed by atoms with Crippen molar-refractivity contribution in [3.05, 3.63) is 0 Å². The third kappa shape index (κ3) is 6.77. The summed E-state index contributed by atoms with van der Waals surface area (Å²) in [7, 11) is 1.76. The minimum absolute atomic E-state index is 0.753. The van der Waals surface area contributed by atoms with Crippen molar-refractivity contribution < 1.29 is 4.74 Å². The second kappa shape index (κ2) is 9.32. The number of ether oxygens (including phenoxy) is 1. The lowest BCUT2D eigenvalue weighted by Crippen LogP contribution is -2.25. The van der Waals surface area contributed by atoms with E-state index in [2.05, 4.69) is 24.0 Å². The lowest BCUT2D eigenvalue weighted by atomic mass is 10.1.